The second kappa shape index (κ2) is 8.11. The zero-order chi connectivity index (χ0) is 25.1. The first-order valence-corrected chi connectivity index (χ1v) is 13.1. The van der Waals surface area contributed by atoms with E-state index in [1.54, 1.807) is 18.2 Å². The van der Waals surface area contributed by atoms with Crippen molar-refractivity contribution in [3.05, 3.63) is 124 Å². The van der Waals surface area contributed by atoms with Crippen molar-refractivity contribution in [2.75, 3.05) is 10.2 Å². The third kappa shape index (κ3) is 2.93. The number of nitrogens with zero attached hydrogens (tertiary/aromatic N) is 1. The smallest absolute Gasteiger partial charge is 0.238 e. The van der Waals surface area contributed by atoms with Gasteiger partial charge in [0.1, 0.15) is 11.5 Å². The Bertz CT molecular complexity index is 1590. The molecule has 1 aromatic heterocycles. The number of ketones is 2. The molecular weight excluding hydrogens is 480 g/mol. The second-order valence-corrected chi connectivity index (χ2v) is 10.6. The van der Waals surface area contributed by atoms with E-state index in [9.17, 15) is 14.4 Å². The van der Waals surface area contributed by atoms with Crippen molar-refractivity contribution >= 4 is 46.3 Å². The molecule has 7 rings (SSSR count). The number of hydrogen-bond acceptors (Lipinski definition) is 5. The maximum atomic E-state index is 14.5. The molecular formula is C31H22N2O3S. The van der Waals surface area contributed by atoms with E-state index in [0.717, 1.165) is 16.8 Å². The average molecular weight is 503 g/mol. The summed E-state index contributed by atoms with van der Waals surface area (Å²) in [7, 11) is 0. The molecule has 6 heteroatoms. The molecule has 4 aromatic rings. The van der Waals surface area contributed by atoms with Gasteiger partial charge >= 0.3 is 0 Å². The largest absolute Gasteiger partial charge is 0.352 e. The lowest BCUT2D eigenvalue weighted by molar-refractivity contribution is -0.121. The van der Waals surface area contributed by atoms with E-state index in [1.165, 1.54) is 11.3 Å². The van der Waals surface area contributed by atoms with Crippen LogP contribution in [0.3, 0.4) is 0 Å². The van der Waals surface area contributed by atoms with Gasteiger partial charge in [0.05, 0.1) is 16.8 Å². The van der Waals surface area contributed by atoms with E-state index >= 15 is 0 Å². The van der Waals surface area contributed by atoms with Crippen LogP contribution in [0.4, 0.5) is 11.4 Å². The van der Waals surface area contributed by atoms with Crippen molar-refractivity contribution in [1.29, 1.82) is 0 Å². The third-order valence-electron chi connectivity index (χ3n) is 7.92. The average Bonchev–Trinajstić information content (AvgIpc) is 3.65. The summed E-state index contributed by atoms with van der Waals surface area (Å²) < 4.78 is 0. The van der Waals surface area contributed by atoms with Crippen LogP contribution in [0, 0.1) is 5.92 Å². The minimum atomic E-state index is -1.27. The molecule has 3 aromatic carbocycles. The van der Waals surface area contributed by atoms with Crippen LogP contribution in [-0.4, -0.2) is 29.6 Å². The number of carbonyl (C=O) groups excluding carboxylic acids is 3. The molecule has 180 valence electrons. The minimum Gasteiger partial charge on any atom is -0.352 e. The molecule has 1 N–H and O–H groups in total. The van der Waals surface area contributed by atoms with Crippen molar-refractivity contribution in [2.45, 2.75) is 17.5 Å². The quantitative estimate of drug-likeness (QED) is 0.369. The van der Waals surface area contributed by atoms with Crippen LogP contribution in [-0.2, 0) is 10.2 Å². The Morgan fingerprint density at radius 2 is 1.59 bits per heavy atom. The van der Waals surface area contributed by atoms with E-state index in [2.05, 4.69) is 5.32 Å². The first-order valence-electron chi connectivity index (χ1n) is 12.3. The molecule has 0 radical (unpaired) electrons. The van der Waals surface area contributed by atoms with Gasteiger partial charge in [-0.15, -0.1) is 11.3 Å². The second-order valence-electron chi connectivity index (χ2n) is 9.63. The van der Waals surface area contributed by atoms with Crippen LogP contribution in [0.15, 0.2) is 102 Å². The van der Waals surface area contributed by atoms with Crippen LogP contribution in [0.25, 0.3) is 6.08 Å². The number of nitrogens with one attached hydrogen (secondary N) is 1. The molecule has 0 aliphatic carbocycles. The summed E-state index contributed by atoms with van der Waals surface area (Å²) in [5, 5.41) is 4.91. The molecule has 1 amide bonds. The monoisotopic (exact) mass is 502 g/mol. The van der Waals surface area contributed by atoms with E-state index in [0.29, 0.717) is 16.1 Å². The van der Waals surface area contributed by atoms with Crippen molar-refractivity contribution < 1.29 is 14.4 Å². The van der Waals surface area contributed by atoms with Crippen LogP contribution >= 0.6 is 11.3 Å². The van der Waals surface area contributed by atoms with Gasteiger partial charge in [0.25, 0.3) is 0 Å². The number of para-hydroxylation sites is 2. The molecule has 0 bridgehead atoms. The van der Waals surface area contributed by atoms with Gasteiger partial charge in [0.15, 0.2) is 11.6 Å². The molecule has 0 saturated carbocycles. The maximum absolute atomic E-state index is 14.5. The molecule has 0 unspecified atom stereocenters. The molecule has 5 nitrogen and oxygen atoms in total. The standard InChI is InChI=1S/C31H22N2O3S/c34-28(20-10-2-1-3-11-20)27-26(29(35)24-15-8-18-37-24)31(21-12-5-6-13-22(21)32-30(31)36)25-17-16-19-9-4-7-14-23(19)33(25)27/h1-18,25-27H,(H,32,36)/t25-,26-,27+,31-/m1/s1. The highest BCUT2D eigenvalue weighted by Crippen LogP contribution is 2.58. The lowest BCUT2D eigenvalue weighted by atomic mass is 9.64. The molecule has 37 heavy (non-hydrogen) atoms. The normalized spacial score (nSPS) is 24.9. The molecule has 1 fully saturated rings. The predicted octanol–water partition coefficient (Wildman–Crippen LogP) is 5.60. The highest BCUT2D eigenvalue weighted by Gasteiger charge is 2.70. The maximum Gasteiger partial charge on any atom is 0.238 e. The van der Waals surface area contributed by atoms with Crippen LogP contribution in [0.1, 0.15) is 31.2 Å². The third-order valence-corrected chi connectivity index (χ3v) is 8.80. The Morgan fingerprint density at radius 3 is 2.41 bits per heavy atom. The highest BCUT2D eigenvalue weighted by atomic mass is 32.1. The SMILES string of the molecule is O=C(c1ccccc1)[C@@H]1[C@H](C(=O)c2cccs2)[C@]2(C(=O)Nc3ccccc32)[C@H]2C=Cc3ccccc3N12. The van der Waals surface area contributed by atoms with Gasteiger partial charge in [-0.3, -0.25) is 14.4 Å². The summed E-state index contributed by atoms with van der Waals surface area (Å²) in [5.74, 6) is -1.52. The Balaban J connectivity index is 1.55. The fraction of sp³-hybridized carbons (Fsp3) is 0.129. The first-order chi connectivity index (χ1) is 18.1. The fourth-order valence-electron chi connectivity index (χ4n) is 6.46. The van der Waals surface area contributed by atoms with Gasteiger partial charge in [0.2, 0.25) is 5.91 Å². The number of thiophene rings is 1. The fourth-order valence-corrected chi connectivity index (χ4v) is 7.17. The van der Waals surface area contributed by atoms with E-state index < -0.39 is 23.4 Å². The molecule has 4 atom stereocenters. The Kier molecular flexibility index (Phi) is 4.81. The lowest BCUT2D eigenvalue weighted by Gasteiger charge is -2.37. The van der Waals surface area contributed by atoms with Gasteiger partial charge in [-0.2, -0.15) is 0 Å². The Hall–Kier alpha value is -4.29. The molecule has 4 heterocycles. The van der Waals surface area contributed by atoms with E-state index in [1.807, 2.05) is 95.2 Å². The summed E-state index contributed by atoms with van der Waals surface area (Å²) in [6.07, 6.45) is 4.01. The zero-order valence-corrected chi connectivity index (χ0v) is 20.5. The summed E-state index contributed by atoms with van der Waals surface area (Å²) in [5.41, 5.74) is 2.51. The number of Topliss-reactive ketones (excluding diaryl/α,β-unsaturated/α-hetero) is 2. The van der Waals surface area contributed by atoms with Crippen LogP contribution in [0.5, 0.6) is 0 Å². The Labute approximate surface area is 218 Å². The van der Waals surface area contributed by atoms with Crippen molar-refractivity contribution in [3.8, 4) is 0 Å². The topological polar surface area (TPSA) is 66.5 Å². The molecule has 1 saturated heterocycles. The van der Waals surface area contributed by atoms with Crippen LogP contribution < -0.4 is 10.2 Å². The summed E-state index contributed by atoms with van der Waals surface area (Å²) >= 11 is 1.34. The summed E-state index contributed by atoms with van der Waals surface area (Å²) in [6.45, 7) is 0. The van der Waals surface area contributed by atoms with Gasteiger partial charge in [-0.1, -0.05) is 84.9 Å². The van der Waals surface area contributed by atoms with Gasteiger partial charge in [-0.25, -0.2) is 0 Å². The Morgan fingerprint density at radius 1 is 0.838 bits per heavy atom. The minimum absolute atomic E-state index is 0.167. The lowest BCUT2D eigenvalue weighted by Crippen LogP contribution is -2.51. The number of fused-ring (bicyclic) bond motifs is 6. The van der Waals surface area contributed by atoms with Crippen LogP contribution in [0.2, 0.25) is 0 Å². The molecule has 1 spiro atoms. The number of rotatable bonds is 4. The van der Waals surface area contributed by atoms with Gasteiger partial charge < -0.3 is 10.2 Å². The van der Waals surface area contributed by atoms with Crippen molar-refractivity contribution in [1.82, 2.24) is 0 Å². The first kappa shape index (κ1) is 21.9. The number of anilines is 2. The molecule has 3 aliphatic rings. The number of hydrogen-bond donors (Lipinski definition) is 1. The predicted molar refractivity (Wildman–Crippen MR) is 145 cm³/mol. The highest BCUT2D eigenvalue weighted by molar-refractivity contribution is 7.12. The number of amides is 1. The van der Waals surface area contributed by atoms with Gasteiger partial charge in [0, 0.05) is 16.9 Å². The summed E-state index contributed by atoms with van der Waals surface area (Å²) in [6, 6.07) is 26.7. The summed E-state index contributed by atoms with van der Waals surface area (Å²) in [4.78, 5) is 45.6. The zero-order valence-electron chi connectivity index (χ0n) is 19.7. The van der Waals surface area contributed by atoms with E-state index in [-0.39, 0.29) is 17.5 Å². The van der Waals surface area contributed by atoms with Crippen molar-refractivity contribution in [3.63, 3.8) is 0 Å². The number of benzene rings is 3. The van der Waals surface area contributed by atoms with E-state index in [4.69, 9.17) is 0 Å². The number of carbonyl (C=O) groups is 3. The molecule has 3 aliphatic heterocycles. The van der Waals surface area contributed by atoms with Crippen molar-refractivity contribution in [2.24, 2.45) is 5.92 Å². The van der Waals surface area contributed by atoms with Gasteiger partial charge in [-0.05, 0) is 34.7 Å².